The van der Waals surface area contributed by atoms with Gasteiger partial charge in [0.25, 0.3) is 0 Å². The smallest absolute Gasteiger partial charge is 0.0621 e. The monoisotopic (exact) mass is 175 g/mol. The van der Waals surface area contributed by atoms with Crippen molar-refractivity contribution < 1.29 is 0 Å². The Morgan fingerprint density at radius 2 is 2.08 bits per heavy atom. The van der Waals surface area contributed by atoms with E-state index in [1.165, 1.54) is 5.69 Å². The van der Waals surface area contributed by atoms with Crippen LogP contribution in [0.4, 0.5) is 0 Å². The van der Waals surface area contributed by atoms with Gasteiger partial charge in [-0.1, -0.05) is 0 Å². The molecule has 0 fully saturated rings. The fourth-order valence-corrected chi connectivity index (χ4v) is 1.40. The van der Waals surface area contributed by atoms with Crippen molar-refractivity contribution in [2.75, 3.05) is 6.54 Å². The lowest BCUT2D eigenvalue weighted by atomic mass is 10.3. The zero-order valence-electron chi connectivity index (χ0n) is 7.38. The van der Waals surface area contributed by atoms with Crippen molar-refractivity contribution in [3.8, 4) is 11.4 Å². The first-order valence-electron chi connectivity index (χ1n) is 4.42. The minimum atomic E-state index is 0.685. The second kappa shape index (κ2) is 3.49. The van der Waals surface area contributed by atoms with E-state index >= 15 is 0 Å². The summed E-state index contributed by atoms with van der Waals surface area (Å²) >= 11 is 0. The van der Waals surface area contributed by atoms with Crippen LogP contribution in [0.3, 0.4) is 0 Å². The van der Waals surface area contributed by atoms with Crippen LogP contribution >= 0.6 is 0 Å². The number of nitrogens with one attached hydrogen (secondary N) is 2. The predicted molar refractivity (Wildman–Crippen MR) is 53.3 cm³/mol. The van der Waals surface area contributed by atoms with Gasteiger partial charge in [-0.3, -0.25) is 0 Å². The molecule has 0 amide bonds. The van der Waals surface area contributed by atoms with Crippen LogP contribution in [-0.4, -0.2) is 16.5 Å². The average molecular weight is 175 g/mol. The number of hydrogen-bond acceptors (Lipinski definition) is 1. The molecule has 4 N–H and O–H groups in total. The lowest BCUT2D eigenvalue weighted by Gasteiger charge is -1.93. The van der Waals surface area contributed by atoms with E-state index in [1.807, 2.05) is 18.3 Å². The Balaban J connectivity index is 2.23. The van der Waals surface area contributed by atoms with Crippen LogP contribution in [0.1, 0.15) is 5.69 Å². The molecule has 2 rings (SSSR count). The summed E-state index contributed by atoms with van der Waals surface area (Å²) in [5.41, 5.74) is 8.88. The largest absolute Gasteiger partial charge is 0.360 e. The van der Waals surface area contributed by atoms with Gasteiger partial charge in [0.05, 0.1) is 11.4 Å². The SMILES string of the molecule is NCCc1ccc(-c2ccc[nH]2)[nH]1. The van der Waals surface area contributed by atoms with Gasteiger partial charge in [-0.25, -0.2) is 0 Å². The maximum atomic E-state index is 5.46. The van der Waals surface area contributed by atoms with Crippen LogP contribution in [0.15, 0.2) is 30.5 Å². The van der Waals surface area contributed by atoms with Crippen molar-refractivity contribution in [3.63, 3.8) is 0 Å². The molecular weight excluding hydrogens is 162 g/mol. The van der Waals surface area contributed by atoms with Gasteiger partial charge in [0.2, 0.25) is 0 Å². The Kier molecular flexibility index (Phi) is 2.19. The van der Waals surface area contributed by atoms with E-state index in [4.69, 9.17) is 5.73 Å². The normalized spacial score (nSPS) is 10.5. The first-order chi connectivity index (χ1) is 6.40. The molecule has 2 aromatic rings. The van der Waals surface area contributed by atoms with Gasteiger partial charge in [0, 0.05) is 11.9 Å². The maximum absolute atomic E-state index is 5.46. The maximum Gasteiger partial charge on any atom is 0.0621 e. The average Bonchev–Trinajstić information content (AvgIpc) is 2.70. The van der Waals surface area contributed by atoms with E-state index in [0.29, 0.717) is 6.54 Å². The molecule has 0 bridgehead atoms. The van der Waals surface area contributed by atoms with Gasteiger partial charge in [-0.15, -0.1) is 0 Å². The molecule has 0 aromatic carbocycles. The fourth-order valence-electron chi connectivity index (χ4n) is 1.40. The number of nitrogens with two attached hydrogens (primary N) is 1. The van der Waals surface area contributed by atoms with E-state index in [0.717, 1.165) is 17.8 Å². The second-order valence-corrected chi connectivity index (χ2v) is 3.02. The van der Waals surface area contributed by atoms with E-state index in [1.54, 1.807) is 0 Å². The summed E-state index contributed by atoms with van der Waals surface area (Å²) in [5, 5.41) is 0. The first-order valence-corrected chi connectivity index (χ1v) is 4.42. The van der Waals surface area contributed by atoms with Gasteiger partial charge in [-0.05, 0) is 37.2 Å². The molecule has 3 heteroatoms. The number of hydrogen-bond donors (Lipinski definition) is 3. The molecular formula is C10H13N3. The summed E-state index contributed by atoms with van der Waals surface area (Å²) in [5.74, 6) is 0. The second-order valence-electron chi connectivity index (χ2n) is 3.02. The van der Waals surface area contributed by atoms with Gasteiger partial charge in [-0.2, -0.15) is 0 Å². The van der Waals surface area contributed by atoms with Crippen LogP contribution in [0.25, 0.3) is 11.4 Å². The predicted octanol–water partition coefficient (Wildman–Crippen LogP) is 1.51. The summed E-state index contributed by atoms with van der Waals surface area (Å²) in [4.78, 5) is 6.45. The Labute approximate surface area is 77.0 Å². The Bertz CT molecular complexity index is 359. The molecule has 0 aliphatic carbocycles. The molecule has 3 nitrogen and oxygen atoms in total. The third kappa shape index (κ3) is 1.65. The third-order valence-corrected chi connectivity index (χ3v) is 2.05. The van der Waals surface area contributed by atoms with Gasteiger partial charge in [0.1, 0.15) is 0 Å². The molecule has 0 aliphatic rings. The first kappa shape index (κ1) is 8.13. The van der Waals surface area contributed by atoms with Crippen molar-refractivity contribution in [1.29, 1.82) is 0 Å². The molecule has 0 saturated carbocycles. The molecule has 0 atom stereocenters. The summed E-state index contributed by atoms with van der Waals surface area (Å²) in [6, 6.07) is 8.16. The molecule has 0 aliphatic heterocycles. The Hall–Kier alpha value is -1.48. The van der Waals surface area contributed by atoms with Crippen molar-refractivity contribution in [2.45, 2.75) is 6.42 Å². The van der Waals surface area contributed by atoms with Gasteiger partial charge < -0.3 is 15.7 Å². The molecule has 2 aromatic heterocycles. The summed E-state index contributed by atoms with van der Waals surface area (Å²) in [6.07, 6.45) is 2.82. The lowest BCUT2D eigenvalue weighted by Crippen LogP contribution is -2.02. The molecule has 0 spiro atoms. The molecule has 0 unspecified atom stereocenters. The van der Waals surface area contributed by atoms with E-state index in [2.05, 4.69) is 22.1 Å². The minimum Gasteiger partial charge on any atom is -0.360 e. The number of H-pyrrole nitrogens is 2. The van der Waals surface area contributed by atoms with Crippen molar-refractivity contribution in [3.05, 3.63) is 36.2 Å². The quantitative estimate of drug-likeness (QED) is 0.650. The minimum absolute atomic E-state index is 0.685. The van der Waals surface area contributed by atoms with E-state index in [-0.39, 0.29) is 0 Å². The molecule has 13 heavy (non-hydrogen) atoms. The molecule has 0 saturated heterocycles. The fraction of sp³-hybridized carbons (Fsp3) is 0.200. The number of aromatic amines is 2. The van der Waals surface area contributed by atoms with E-state index in [9.17, 15) is 0 Å². The van der Waals surface area contributed by atoms with Crippen LogP contribution in [0.5, 0.6) is 0 Å². The highest BCUT2D eigenvalue weighted by Crippen LogP contribution is 2.15. The van der Waals surface area contributed by atoms with Crippen LogP contribution in [-0.2, 0) is 6.42 Å². The molecule has 0 radical (unpaired) electrons. The number of aromatic nitrogens is 2. The zero-order valence-corrected chi connectivity index (χ0v) is 7.38. The highest BCUT2D eigenvalue weighted by molar-refractivity contribution is 5.55. The molecule has 68 valence electrons. The van der Waals surface area contributed by atoms with Crippen LogP contribution in [0, 0.1) is 0 Å². The zero-order chi connectivity index (χ0) is 9.10. The summed E-state index contributed by atoms with van der Waals surface area (Å²) in [7, 11) is 0. The van der Waals surface area contributed by atoms with Gasteiger partial charge in [0.15, 0.2) is 0 Å². The standard InChI is InChI=1S/C10H13N3/c11-6-5-8-3-4-10(13-8)9-2-1-7-12-9/h1-4,7,12-13H,5-6,11H2. The number of rotatable bonds is 3. The summed E-state index contributed by atoms with van der Waals surface area (Å²) < 4.78 is 0. The highest BCUT2D eigenvalue weighted by atomic mass is 14.8. The summed E-state index contributed by atoms with van der Waals surface area (Å²) in [6.45, 7) is 0.685. The Morgan fingerprint density at radius 3 is 2.77 bits per heavy atom. The topological polar surface area (TPSA) is 57.6 Å². The van der Waals surface area contributed by atoms with Crippen molar-refractivity contribution >= 4 is 0 Å². The lowest BCUT2D eigenvalue weighted by molar-refractivity contribution is 0.936. The molecule has 2 heterocycles. The van der Waals surface area contributed by atoms with Crippen molar-refractivity contribution in [2.24, 2.45) is 5.73 Å². The Morgan fingerprint density at radius 1 is 1.15 bits per heavy atom. The van der Waals surface area contributed by atoms with E-state index < -0.39 is 0 Å². The van der Waals surface area contributed by atoms with Crippen LogP contribution in [0.2, 0.25) is 0 Å². The third-order valence-electron chi connectivity index (χ3n) is 2.05. The van der Waals surface area contributed by atoms with Crippen LogP contribution < -0.4 is 5.73 Å². The van der Waals surface area contributed by atoms with Crippen molar-refractivity contribution in [1.82, 2.24) is 9.97 Å². The highest BCUT2D eigenvalue weighted by Gasteiger charge is 2.00. The van der Waals surface area contributed by atoms with Gasteiger partial charge >= 0.3 is 0 Å².